The predicted molar refractivity (Wildman–Crippen MR) is 70.5 cm³/mol. The van der Waals surface area contributed by atoms with E-state index < -0.39 is 17.6 Å². The van der Waals surface area contributed by atoms with Crippen molar-refractivity contribution in [2.45, 2.75) is 27.2 Å². The average molecular weight is 287 g/mol. The van der Waals surface area contributed by atoms with Crippen molar-refractivity contribution < 1.29 is 17.7 Å². The molecule has 0 bridgehead atoms. The summed E-state index contributed by atoms with van der Waals surface area (Å²) in [6, 6.07) is 0. The highest BCUT2D eigenvalue weighted by Crippen LogP contribution is 2.09. The zero-order valence-corrected chi connectivity index (χ0v) is 13.6. The summed E-state index contributed by atoms with van der Waals surface area (Å²) in [6.07, 6.45) is 0.864. The molecule has 0 heterocycles. The van der Waals surface area contributed by atoms with Crippen LogP contribution in [0.15, 0.2) is 0 Å². The van der Waals surface area contributed by atoms with Gasteiger partial charge in [-0.3, -0.25) is 0 Å². The van der Waals surface area contributed by atoms with E-state index in [1.54, 1.807) is 0 Å². The van der Waals surface area contributed by atoms with Gasteiger partial charge in [0.25, 0.3) is 9.28 Å². The van der Waals surface area contributed by atoms with Crippen LogP contribution in [0.5, 0.6) is 0 Å². The summed E-state index contributed by atoms with van der Waals surface area (Å²) < 4.78 is 22.7. The molecule has 0 radical (unpaired) electrons. The van der Waals surface area contributed by atoms with Crippen LogP contribution in [0.3, 0.4) is 0 Å². The van der Waals surface area contributed by atoms with Gasteiger partial charge in [-0.05, 0) is 27.2 Å². The van der Waals surface area contributed by atoms with Crippen LogP contribution in [0, 0.1) is 0 Å². The number of hydrogen-bond acceptors (Lipinski definition) is 4. The monoisotopic (exact) mass is 286 g/mol. The Kier molecular flexibility index (Phi) is 11.1. The number of alkyl halides is 1. The van der Waals surface area contributed by atoms with Crippen LogP contribution in [0.25, 0.3) is 0 Å². The summed E-state index contributed by atoms with van der Waals surface area (Å²) >= 11 is 5.59. The maximum atomic E-state index is 5.69. The van der Waals surface area contributed by atoms with Crippen LogP contribution in [-0.4, -0.2) is 49.9 Å². The number of rotatable bonds is 11. The van der Waals surface area contributed by atoms with E-state index in [1.807, 2.05) is 20.8 Å². The van der Waals surface area contributed by atoms with Gasteiger partial charge < -0.3 is 17.7 Å². The Hall–Kier alpha value is 0.564. The van der Waals surface area contributed by atoms with Gasteiger partial charge in [-0.2, -0.15) is 0 Å². The molecule has 0 aromatic rings. The molecule has 7 heteroatoms. The normalized spacial score (nSPS) is 12.8. The van der Waals surface area contributed by atoms with Crippen LogP contribution >= 0.6 is 11.6 Å². The third-order valence-electron chi connectivity index (χ3n) is 1.79. The van der Waals surface area contributed by atoms with Gasteiger partial charge in [-0.1, -0.05) is 0 Å². The van der Waals surface area contributed by atoms with E-state index in [1.165, 1.54) is 0 Å². The first-order valence-electron chi connectivity index (χ1n) is 5.80. The minimum Gasteiger partial charge on any atom is -0.418 e. The van der Waals surface area contributed by atoms with Gasteiger partial charge in [-0.25, -0.2) is 0 Å². The smallest absolute Gasteiger partial charge is 0.418 e. The van der Waals surface area contributed by atoms with E-state index in [2.05, 4.69) is 0 Å². The molecule has 16 heavy (non-hydrogen) atoms. The summed E-state index contributed by atoms with van der Waals surface area (Å²) in [7, 11) is -3.39. The van der Waals surface area contributed by atoms with E-state index >= 15 is 0 Å². The van der Waals surface area contributed by atoms with Crippen LogP contribution in [0.1, 0.15) is 27.2 Å². The van der Waals surface area contributed by atoms with Crippen molar-refractivity contribution in [3.63, 3.8) is 0 Å². The number of halogens is 1. The fourth-order valence-electron chi connectivity index (χ4n) is 1.26. The van der Waals surface area contributed by atoms with Gasteiger partial charge in [0.15, 0.2) is 0 Å². The Balaban J connectivity index is 4.12. The second-order valence-corrected chi connectivity index (χ2v) is 9.85. The second-order valence-electron chi connectivity index (χ2n) is 3.08. The molecule has 0 saturated heterocycles. The first-order valence-corrected chi connectivity index (χ1v) is 11.0. The average Bonchev–Trinajstić information content (AvgIpc) is 2.26. The Morgan fingerprint density at radius 3 is 1.88 bits per heavy atom. The molecule has 0 aromatic heterocycles. The van der Waals surface area contributed by atoms with Crippen molar-refractivity contribution in [1.29, 1.82) is 0 Å². The molecule has 0 aliphatic carbocycles. The minimum absolute atomic E-state index is 0.609. The third kappa shape index (κ3) is 7.00. The van der Waals surface area contributed by atoms with Crippen molar-refractivity contribution in [1.82, 2.24) is 0 Å². The Labute approximate surface area is 107 Å². The van der Waals surface area contributed by atoms with E-state index in [0.717, 1.165) is 6.42 Å². The summed E-state index contributed by atoms with van der Waals surface area (Å²) in [6.45, 7) is 8.36. The molecule has 0 fully saturated rings. The Morgan fingerprint density at radius 1 is 1.00 bits per heavy atom. The standard InChI is InChI=1S/C9H23ClO4Si2/c1-4-12-16(13-5-2,14-6-3)15-11-9-7-8-10/h4-9,15H2,1-3H3. The topological polar surface area (TPSA) is 36.9 Å². The molecule has 98 valence electrons. The summed E-state index contributed by atoms with van der Waals surface area (Å²) in [4.78, 5) is 0. The van der Waals surface area contributed by atoms with Gasteiger partial charge in [-0.15, -0.1) is 11.6 Å². The van der Waals surface area contributed by atoms with Gasteiger partial charge in [0.2, 0.25) is 0 Å². The third-order valence-corrected chi connectivity index (χ3v) is 8.60. The molecule has 0 aromatic carbocycles. The highest BCUT2D eigenvalue weighted by Gasteiger charge is 2.41. The molecular formula is C9H23ClO4Si2. The lowest BCUT2D eigenvalue weighted by Gasteiger charge is -2.27. The van der Waals surface area contributed by atoms with Crippen molar-refractivity contribution in [2.24, 2.45) is 0 Å². The highest BCUT2D eigenvalue weighted by molar-refractivity contribution is 7.12. The maximum absolute atomic E-state index is 5.69. The first kappa shape index (κ1) is 16.6. The summed E-state index contributed by atoms with van der Waals surface area (Å²) in [5.74, 6) is 0.626. The Morgan fingerprint density at radius 2 is 1.50 bits per heavy atom. The zero-order chi connectivity index (χ0) is 12.3. The van der Waals surface area contributed by atoms with Gasteiger partial charge in [0, 0.05) is 32.3 Å². The fourth-order valence-corrected chi connectivity index (χ4v) is 7.56. The van der Waals surface area contributed by atoms with Gasteiger partial charge in [0.05, 0.1) is 0 Å². The van der Waals surface area contributed by atoms with Crippen LogP contribution in [0.2, 0.25) is 0 Å². The number of hydrogen-bond donors (Lipinski definition) is 0. The highest BCUT2D eigenvalue weighted by atomic mass is 35.5. The molecule has 0 unspecified atom stereocenters. The van der Waals surface area contributed by atoms with E-state index in [4.69, 9.17) is 29.3 Å². The molecule has 0 N–H and O–H groups in total. The molecule has 0 saturated carbocycles. The van der Waals surface area contributed by atoms with Gasteiger partial charge >= 0.3 is 8.32 Å². The molecule has 0 rings (SSSR count). The van der Waals surface area contributed by atoms with Crippen LogP contribution in [-0.2, 0) is 17.7 Å². The minimum atomic E-state index is -2.47. The van der Waals surface area contributed by atoms with Gasteiger partial charge in [0.1, 0.15) is 0 Å². The predicted octanol–water partition coefficient (Wildman–Crippen LogP) is 1.26. The van der Waals surface area contributed by atoms with Crippen molar-refractivity contribution in [3.05, 3.63) is 0 Å². The fraction of sp³-hybridized carbons (Fsp3) is 1.00. The summed E-state index contributed by atoms with van der Waals surface area (Å²) in [5.41, 5.74) is 0. The van der Waals surface area contributed by atoms with Crippen molar-refractivity contribution in [3.8, 4) is 0 Å². The van der Waals surface area contributed by atoms with Crippen molar-refractivity contribution >= 4 is 29.2 Å². The second kappa shape index (κ2) is 10.7. The Bertz CT molecular complexity index is 145. The van der Waals surface area contributed by atoms with Crippen molar-refractivity contribution in [2.75, 3.05) is 32.3 Å². The molecule has 0 aliphatic heterocycles. The summed E-state index contributed by atoms with van der Waals surface area (Å²) in [5, 5.41) is 0. The molecular weight excluding hydrogens is 264 g/mol. The lowest BCUT2D eigenvalue weighted by molar-refractivity contribution is 0.0874. The zero-order valence-electron chi connectivity index (χ0n) is 10.5. The lowest BCUT2D eigenvalue weighted by atomic mass is 10.5. The quantitative estimate of drug-likeness (QED) is 0.326. The molecule has 0 aliphatic rings. The van der Waals surface area contributed by atoms with E-state index in [0.29, 0.717) is 32.3 Å². The lowest BCUT2D eigenvalue weighted by Crippen LogP contribution is -2.53. The van der Waals surface area contributed by atoms with E-state index in [-0.39, 0.29) is 0 Å². The molecule has 0 spiro atoms. The largest absolute Gasteiger partial charge is 0.495 e. The first-order chi connectivity index (χ1) is 7.74. The maximum Gasteiger partial charge on any atom is 0.495 e. The van der Waals surface area contributed by atoms with Crippen LogP contribution < -0.4 is 0 Å². The molecule has 0 atom stereocenters. The van der Waals surface area contributed by atoms with Crippen LogP contribution in [0.4, 0.5) is 0 Å². The molecule has 4 nitrogen and oxygen atoms in total. The SMILES string of the molecule is CCO[Si](OCC)(OCC)[SiH2]OCCCCl. The van der Waals surface area contributed by atoms with E-state index in [9.17, 15) is 0 Å². The molecule has 0 amide bonds.